The van der Waals surface area contributed by atoms with Crippen molar-refractivity contribution in [1.82, 2.24) is 25.1 Å². The first-order valence-electron chi connectivity index (χ1n) is 8.18. The van der Waals surface area contributed by atoms with Crippen LogP contribution in [0.25, 0.3) is 0 Å². The standard InChI is InChI=1S/C16H22N6O/c1-10-5-17-6-15(18-10)22-7-12(11-3-4-11)13(8-22)16-19-14(9-23-2)20-21-16/h5-6,11-13H,3-4,7-9H2,1-2H3,(H,19,20,21)/t12-,13+/m1/s1. The first-order chi connectivity index (χ1) is 11.2. The van der Waals surface area contributed by atoms with E-state index in [2.05, 4.69) is 30.0 Å². The van der Waals surface area contributed by atoms with Crippen molar-refractivity contribution in [2.75, 3.05) is 25.1 Å². The van der Waals surface area contributed by atoms with Gasteiger partial charge in [-0.2, -0.15) is 5.10 Å². The van der Waals surface area contributed by atoms with Crippen molar-refractivity contribution in [3.8, 4) is 0 Å². The molecule has 7 nitrogen and oxygen atoms in total. The molecule has 0 spiro atoms. The summed E-state index contributed by atoms with van der Waals surface area (Å²) in [6.45, 7) is 4.38. The van der Waals surface area contributed by atoms with E-state index in [1.807, 2.05) is 13.1 Å². The molecule has 2 aromatic heterocycles. The van der Waals surface area contributed by atoms with Crippen LogP contribution in [-0.2, 0) is 11.3 Å². The van der Waals surface area contributed by atoms with Gasteiger partial charge in [-0.15, -0.1) is 0 Å². The largest absolute Gasteiger partial charge is 0.377 e. The van der Waals surface area contributed by atoms with Crippen LogP contribution in [0.1, 0.15) is 36.1 Å². The number of anilines is 1. The summed E-state index contributed by atoms with van der Waals surface area (Å²) in [4.78, 5) is 15.9. The summed E-state index contributed by atoms with van der Waals surface area (Å²) in [6.07, 6.45) is 6.29. The molecule has 1 N–H and O–H groups in total. The third-order valence-corrected chi connectivity index (χ3v) is 4.82. The Hall–Kier alpha value is -2.02. The zero-order valence-electron chi connectivity index (χ0n) is 13.6. The molecule has 122 valence electrons. The van der Waals surface area contributed by atoms with E-state index in [1.54, 1.807) is 13.3 Å². The van der Waals surface area contributed by atoms with Gasteiger partial charge in [0.2, 0.25) is 0 Å². The Labute approximate surface area is 135 Å². The Kier molecular flexibility index (Phi) is 3.72. The first-order valence-corrected chi connectivity index (χ1v) is 8.18. The number of nitrogens with zero attached hydrogens (tertiary/aromatic N) is 5. The summed E-state index contributed by atoms with van der Waals surface area (Å²) in [6, 6.07) is 0. The van der Waals surface area contributed by atoms with Gasteiger partial charge >= 0.3 is 0 Å². The molecule has 0 amide bonds. The van der Waals surface area contributed by atoms with Gasteiger partial charge in [-0.1, -0.05) is 0 Å². The van der Waals surface area contributed by atoms with Crippen LogP contribution in [0.3, 0.4) is 0 Å². The lowest BCUT2D eigenvalue weighted by atomic mass is 9.91. The van der Waals surface area contributed by atoms with Gasteiger partial charge in [0.05, 0.1) is 11.9 Å². The van der Waals surface area contributed by atoms with E-state index >= 15 is 0 Å². The number of rotatable bonds is 5. The van der Waals surface area contributed by atoms with Crippen molar-refractivity contribution in [2.24, 2.45) is 11.8 Å². The number of aromatic amines is 1. The highest BCUT2D eigenvalue weighted by Crippen LogP contribution is 2.47. The molecule has 0 radical (unpaired) electrons. The molecule has 7 heteroatoms. The van der Waals surface area contributed by atoms with Crippen LogP contribution < -0.4 is 4.90 Å². The zero-order chi connectivity index (χ0) is 15.8. The van der Waals surface area contributed by atoms with Crippen molar-refractivity contribution in [3.63, 3.8) is 0 Å². The van der Waals surface area contributed by atoms with E-state index in [1.165, 1.54) is 12.8 Å². The van der Waals surface area contributed by atoms with Crippen LogP contribution in [0.15, 0.2) is 12.4 Å². The van der Waals surface area contributed by atoms with Gasteiger partial charge in [0.1, 0.15) is 12.4 Å². The normalized spacial score (nSPS) is 24.3. The van der Waals surface area contributed by atoms with E-state index in [0.717, 1.165) is 42.2 Å². The molecule has 4 rings (SSSR count). The van der Waals surface area contributed by atoms with Gasteiger partial charge in [-0.25, -0.2) is 9.97 Å². The predicted molar refractivity (Wildman–Crippen MR) is 85.0 cm³/mol. The molecule has 1 aliphatic carbocycles. The average molecular weight is 314 g/mol. The number of methoxy groups -OCH3 is 1. The van der Waals surface area contributed by atoms with Crippen LogP contribution in [0.2, 0.25) is 0 Å². The number of ether oxygens (including phenoxy) is 1. The van der Waals surface area contributed by atoms with E-state index in [-0.39, 0.29) is 0 Å². The summed E-state index contributed by atoms with van der Waals surface area (Å²) in [5, 5.41) is 7.44. The molecule has 23 heavy (non-hydrogen) atoms. The minimum atomic E-state index is 0.353. The van der Waals surface area contributed by atoms with Gasteiger partial charge in [0, 0.05) is 32.3 Å². The number of hydrogen-bond donors (Lipinski definition) is 1. The summed E-state index contributed by atoms with van der Waals surface area (Å²) < 4.78 is 5.13. The zero-order valence-corrected chi connectivity index (χ0v) is 13.6. The first kappa shape index (κ1) is 14.6. The SMILES string of the molecule is COCc1nc([C@H]2CN(c3cncc(C)n3)C[C@@H]2C2CC2)n[nH]1. The van der Waals surface area contributed by atoms with Crippen molar-refractivity contribution in [2.45, 2.75) is 32.3 Å². The van der Waals surface area contributed by atoms with Crippen LogP contribution in [-0.4, -0.2) is 45.3 Å². The average Bonchev–Trinajstić information content (AvgIpc) is 3.12. The predicted octanol–water partition coefficient (Wildman–Crippen LogP) is 1.68. The fourth-order valence-corrected chi connectivity index (χ4v) is 3.57. The van der Waals surface area contributed by atoms with Gasteiger partial charge in [0.25, 0.3) is 0 Å². The van der Waals surface area contributed by atoms with Crippen molar-refractivity contribution in [3.05, 3.63) is 29.7 Å². The molecule has 2 atom stereocenters. The Balaban J connectivity index is 1.57. The molecule has 3 heterocycles. The second kappa shape index (κ2) is 5.88. The fourth-order valence-electron chi connectivity index (χ4n) is 3.57. The Morgan fingerprint density at radius 2 is 2.13 bits per heavy atom. The lowest BCUT2D eigenvalue weighted by molar-refractivity contribution is 0.178. The molecule has 1 aliphatic heterocycles. The number of aromatic nitrogens is 5. The quantitative estimate of drug-likeness (QED) is 0.904. The summed E-state index contributed by atoms with van der Waals surface area (Å²) in [5.41, 5.74) is 0.953. The fraction of sp³-hybridized carbons (Fsp3) is 0.625. The Bertz CT molecular complexity index is 683. The van der Waals surface area contributed by atoms with Crippen molar-refractivity contribution < 1.29 is 4.74 Å². The number of H-pyrrole nitrogens is 1. The maximum atomic E-state index is 5.13. The van der Waals surface area contributed by atoms with Crippen LogP contribution in [0.5, 0.6) is 0 Å². The second-order valence-corrected chi connectivity index (χ2v) is 6.60. The van der Waals surface area contributed by atoms with E-state index < -0.39 is 0 Å². The maximum Gasteiger partial charge on any atom is 0.156 e. The topological polar surface area (TPSA) is 79.8 Å². The molecule has 0 unspecified atom stereocenters. The lowest BCUT2D eigenvalue weighted by Gasteiger charge is -2.16. The molecular formula is C16H22N6O. The van der Waals surface area contributed by atoms with Gasteiger partial charge < -0.3 is 9.64 Å². The lowest BCUT2D eigenvalue weighted by Crippen LogP contribution is -2.21. The molecule has 0 aromatic carbocycles. The van der Waals surface area contributed by atoms with E-state index in [4.69, 9.17) is 4.74 Å². The molecule has 2 aliphatic rings. The Morgan fingerprint density at radius 3 is 2.87 bits per heavy atom. The molecule has 1 saturated heterocycles. The molecular weight excluding hydrogens is 292 g/mol. The second-order valence-electron chi connectivity index (χ2n) is 6.60. The summed E-state index contributed by atoms with van der Waals surface area (Å²) in [7, 11) is 1.67. The van der Waals surface area contributed by atoms with Gasteiger partial charge in [0.15, 0.2) is 11.6 Å². The van der Waals surface area contributed by atoms with Crippen LogP contribution >= 0.6 is 0 Å². The highest BCUT2D eigenvalue weighted by Gasteiger charge is 2.45. The molecule has 0 bridgehead atoms. The smallest absolute Gasteiger partial charge is 0.156 e. The summed E-state index contributed by atoms with van der Waals surface area (Å²) >= 11 is 0. The maximum absolute atomic E-state index is 5.13. The summed E-state index contributed by atoms with van der Waals surface area (Å²) in [5.74, 6) is 4.43. The number of hydrogen-bond acceptors (Lipinski definition) is 6. The third kappa shape index (κ3) is 2.93. The highest BCUT2D eigenvalue weighted by atomic mass is 16.5. The van der Waals surface area contributed by atoms with Crippen molar-refractivity contribution in [1.29, 1.82) is 0 Å². The van der Waals surface area contributed by atoms with E-state index in [0.29, 0.717) is 18.4 Å². The van der Waals surface area contributed by atoms with Crippen molar-refractivity contribution >= 4 is 5.82 Å². The Morgan fingerprint density at radius 1 is 1.26 bits per heavy atom. The number of aryl methyl sites for hydroxylation is 1. The minimum Gasteiger partial charge on any atom is -0.377 e. The molecule has 2 aromatic rings. The third-order valence-electron chi connectivity index (χ3n) is 4.82. The number of nitrogens with one attached hydrogen (secondary N) is 1. The van der Waals surface area contributed by atoms with E-state index in [9.17, 15) is 0 Å². The van der Waals surface area contributed by atoms with Crippen LogP contribution in [0, 0.1) is 18.8 Å². The minimum absolute atomic E-state index is 0.353. The monoisotopic (exact) mass is 314 g/mol. The van der Waals surface area contributed by atoms with Crippen LogP contribution in [0.4, 0.5) is 5.82 Å². The van der Waals surface area contributed by atoms with Gasteiger partial charge in [-0.3, -0.25) is 10.1 Å². The molecule has 2 fully saturated rings. The highest BCUT2D eigenvalue weighted by molar-refractivity contribution is 5.40. The van der Waals surface area contributed by atoms with Gasteiger partial charge in [-0.05, 0) is 31.6 Å². The molecule has 1 saturated carbocycles.